The molecule has 1 nitrogen and oxygen atoms in total. The van der Waals surface area contributed by atoms with Gasteiger partial charge in [0.05, 0.1) is 0 Å². The second-order valence-corrected chi connectivity index (χ2v) is 6.60. The molecule has 0 saturated carbocycles. The van der Waals surface area contributed by atoms with Gasteiger partial charge in [0, 0.05) is 9.75 Å². The summed E-state index contributed by atoms with van der Waals surface area (Å²) in [5.74, 6) is 0.640. The third-order valence-electron chi connectivity index (χ3n) is 3.21. The molecular weight excluding hydrogens is 252 g/mol. The first-order chi connectivity index (χ1) is 9.10. The smallest absolute Gasteiger partial charge is 0.113 e. The second-order valence-electron chi connectivity index (χ2n) is 5.40. The van der Waals surface area contributed by atoms with E-state index in [9.17, 15) is 5.11 Å². The Morgan fingerprint density at radius 3 is 2.58 bits per heavy atom. The Morgan fingerprint density at radius 2 is 1.95 bits per heavy atom. The SMILES string of the molecule is CCc1ccc(C(O)c2cccc(CC(C)C)c2)s1. The van der Waals surface area contributed by atoms with Crippen LogP contribution in [0.2, 0.25) is 0 Å². The van der Waals surface area contributed by atoms with E-state index in [1.165, 1.54) is 10.4 Å². The van der Waals surface area contributed by atoms with E-state index in [-0.39, 0.29) is 0 Å². The lowest BCUT2D eigenvalue weighted by molar-refractivity contribution is 0.224. The molecule has 2 rings (SSSR count). The van der Waals surface area contributed by atoms with Gasteiger partial charge in [0.1, 0.15) is 6.10 Å². The van der Waals surface area contributed by atoms with Gasteiger partial charge in [0.15, 0.2) is 0 Å². The maximum atomic E-state index is 10.5. The number of rotatable bonds is 5. The molecular formula is C17H22OS. The van der Waals surface area contributed by atoms with Crippen molar-refractivity contribution in [3.05, 3.63) is 57.3 Å². The van der Waals surface area contributed by atoms with Crippen molar-refractivity contribution in [1.82, 2.24) is 0 Å². The Hall–Kier alpha value is -1.12. The monoisotopic (exact) mass is 274 g/mol. The van der Waals surface area contributed by atoms with Gasteiger partial charge in [0.25, 0.3) is 0 Å². The summed E-state index contributed by atoms with van der Waals surface area (Å²) in [4.78, 5) is 2.37. The fourth-order valence-corrected chi connectivity index (χ4v) is 3.22. The van der Waals surface area contributed by atoms with Crippen LogP contribution in [0, 0.1) is 5.92 Å². The van der Waals surface area contributed by atoms with Crippen molar-refractivity contribution in [3.8, 4) is 0 Å². The molecule has 0 aliphatic carbocycles. The Labute approximate surface area is 119 Å². The summed E-state index contributed by atoms with van der Waals surface area (Å²) >= 11 is 1.71. The molecule has 0 aliphatic rings. The molecule has 1 aromatic heterocycles. The summed E-state index contributed by atoms with van der Waals surface area (Å²) in [7, 11) is 0. The van der Waals surface area contributed by atoms with Crippen molar-refractivity contribution in [2.75, 3.05) is 0 Å². The van der Waals surface area contributed by atoms with Crippen LogP contribution in [0.3, 0.4) is 0 Å². The minimum Gasteiger partial charge on any atom is -0.383 e. The van der Waals surface area contributed by atoms with Crippen LogP contribution in [0.25, 0.3) is 0 Å². The zero-order valence-electron chi connectivity index (χ0n) is 11.9. The van der Waals surface area contributed by atoms with E-state index in [1.807, 2.05) is 18.2 Å². The highest BCUT2D eigenvalue weighted by Gasteiger charge is 2.13. The molecule has 102 valence electrons. The summed E-state index contributed by atoms with van der Waals surface area (Å²) in [5.41, 5.74) is 2.31. The highest BCUT2D eigenvalue weighted by molar-refractivity contribution is 7.12. The quantitative estimate of drug-likeness (QED) is 0.845. The van der Waals surface area contributed by atoms with E-state index in [4.69, 9.17) is 0 Å². The molecule has 0 spiro atoms. The zero-order chi connectivity index (χ0) is 13.8. The first-order valence-corrected chi connectivity index (χ1v) is 7.77. The molecule has 0 amide bonds. The Kier molecular flexibility index (Phi) is 4.78. The maximum Gasteiger partial charge on any atom is 0.113 e. The molecule has 0 fully saturated rings. The zero-order valence-corrected chi connectivity index (χ0v) is 12.7. The van der Waals surface area contributed by atoms with Gasteiger partial charge in [-0.1, -0.05) is 45.0 Å². The summed E-state index contributed by atoms with van der Waals surface area (Å²) < 4.78 is 0. The number of thiophene rings is 1. The predicted octanol–water partition coefficient (Wildman–Crippen LogP) is 4.59. The third kappa shape index (κ3) is 3.68. The fraction of sp³-hybridized carbons (Fsp3) is 0.412. The standard InChI is InChI=1S/C17H22OS/c1-4-15-8-9-16(19-15)17(18)14-7-5-6-13(11-14)10-12(2)3/h5-9,11-12,17-18H,4,10H2,1-3H3. The van der Waals surface area contributed by atoms with Crippen molar-refractivity contribution in [2.45, 2.75) is 39.7 Å². The number of hydrogen-bond donors (Lipinski definition) is 1. The Balaban J connectivity index is 2.20. The van der Waals surface area contributed by atoms with Crippen LogP contribution in [0.1, 0.15) is 47.8 Å². The summed E-state index contributed by atoms with van der Waals surface area (Å²) in [5, 5.41) is 10.5. The van der Waals surface area contributed by atoms with Gasteiger partial charge in [-0.25, -0.2) is 0 Å². The summed E-state index contributed by atoms with van der Waals surface area (Å²) in [6.07, 6.45) is 1.60. The predicted molar refractivity (Wildman–Crippen MR) is 82.7 cm³/mol. The lowest BCUT2D eigenvalue weighted by Crippen LogP contribution is -2.00. The van der Waals surface area contributed by atoms with Crippen molar-refractivity contribution < 1.29 is 5.11 Å². The molecule has 0 bridgehead atoms. The minimum atomic E-state index is -0.489. The lowest BCUT2D eigenvalue weighted by atomic mass is 9.99. The highest BCUT2D eigenvalue weighted by Crippen LogP contribution is 2.29. The van der Waals surface area contributed by atoms with E-state index >= 15 is 0 Å². The van der Waals surface area contributed by atoms with E-state index in [0.717, 1.165) is 23.3 Å². The van der Waals surface area contributed by atoms with Gasteiger partial charge in [-0.15, -0.1) is 11.3 Å². The van der Waals surface area contributed by atoms with Crippen molar-refractivity contribution >= 4 is 11.3 Å². The van der Waals surface area contributed by atoms with Crippen molar-refractivity contribution in [1.29, 1.82) is 0 Å². The Morgan fingerprint density at radius 1 is 1.16 bits per heavy atom. The van der Waals surface area contributed by atoms with Crippen LogP contribution in [-0.2, 0) is 12.8 Å². The fourth-order valence-electron chi connectivity index (χ4n) is 2.26. The van der Waals surface area contributed by atoms with Crippen LogP contribution in [0.15, 0.2) is 36.4 Å². The van der Waals surface area contributed by atoms with Crippen LogP contribution < -0.4 is 0 Å². The van der Waals surface area contributed by atoms with Crippen molar-refractivity contribution in [2.24, 2.45) is 5.92 Å². The molecule has 0 aliphatic heterocycles. The third-order valence-corrected chi connectivity index (χ3v) is 4.49. The molecule has 0 radical (unpaired) electrons. The molecule has 1 heterocycles. The number of aliphatic hydroxyl groups is 1. The largest absolute Gasteiger partial charge is 0.383 e. The minimum absolute atomic E-state index is 0.489. The normalized spacial score (nSPS) is 12.9. The summed E-state index contributed by atoms with van der Waals surface area (Å²) in [6, 6.07) is 12.5. The van der Waals surface area contributed by atoms with Crippen molar-refractivity contribution in [3.63, 3.8) is 0 Å². The first-order valence-electron chi connectivity index (χ1n) is 6.95. The van der Waals surface area contributed by atoms with E-state index in [2.05, 4.69) is 39.0 Å². The molecule has 1 unspecified atom stereocenters. The number of hydrogen-bond acceptors (Lipinski definition) is 2. The second kappa shape index (κ2) is 6.36. The molecule has 1 aromatic carbocycles. The summed E-state index contributed by atoms with van der Waals surface area (Å²) in [6.45, 7) is 6.58. The highest BCUT2D eigenvalue weighted by atomic mass is 32.1. The van der Waals surface area contributed by atoms with Crippen LogP contribution in [-0.4, -0.2) is 5.11 Å². The van der Waals surface area contributed by atoms with Gasteiger partial charge < -0.3 is 5.11 Å². The van der Waals surface area contributed by atoms with Crippen LogP contribution >= 0.6 is 11.3 Å². The van der Waals surface area contributed by atoms with E-state index in [1.54, 1.807) is 11.3 Å². The van der Waals surface area contributed by atoms with Gasteiger partial charge in [-0.2, -0.15) is 0 Å². The van der Waals surface area contributed by atoms with E-state index in [0.29, 0.717) is 5.92 Å². The molecule has 19 heavy (non-hydrogen) atoms. The van der Waals surface area contributed by atoms with Gasteiger partial charge >= 0.3 is 0 Å². The van der Waals surface area contributed by atoms with E-state index < -0.39 is 6.10 Å². The van der Waals surface area contributed by atoms with Gasteiger partial charge in [-0.05, 0) is 42.0 Å². The number of aliphatic hydroxyl groups excluding tert-OH is 1. The molecule has 1 N–H and O–H groups in total. The molecule has 1 atom stereocenters. The maximum absolute atomic E-state index is 10.5. The number of benzene rings is 1. The van der Waals surface area contributed by atoms with Crippen LogP contribution in [0.5, 0.6) is 0 Å². The molecule has 2 heteroatoms. The number of aryl methyl sites for hydroxylation is 1. The Bertz CT molecular complexity index is 528. The average Bonchev–Trinajstić information content (AvgIpc) is 2.86. The topological polar surface area (TPSA) is 20.2 Å². The first kappa shape index (κ1) is 14.3. The van der Waals surface area contributed by atoms with Gasteiger partial charge in [0.2, 0.25) is 0 Å². The molecule has 0 saturated heterocycles. The lowest BCUT2D eigenvalue weighted by Gasteiger charge is -2.12. The average molecular weight is 274 g/mol. The molecule has 2 aromatic rings. The van der Waals surface area contributed by atoms with Crippen LogP contribution in [0.4, 0.5) is 0 Å². The van der Waals surface area contributed by atoms with Gasteiger partial charge in [-0.3, -0.25) is 0 Å².